The van der Waals surface area contributed by atoms with Gasteiger partial charge in [-0.25, -0.2) is 0 Å². The highest BCUT2D eigenvalue weighted by molar-refractivity contribution is 5.81. The van der Waals surface area contributed by atoms with Crippen LogP contribution in [0.5, 0.6) is 0 Å². The second kappa shape index (κ2) is 5.48. The summed E-state index contributed by atoms with van der Waals surface area (Å²) < 4.78 is 0. The highest BCUT2D eigenvalue weighted by Gasteiger charge is 2.22. The van der Waals surface area contributed by atoms with Crippen LogP contribution in [0, 0.1) is 18.3 Å². The smallest absolute Gasteiger partial charge is 0.137 e. The standard InChI is InChI=1S/C16H24O/c1-12-6-8-14(9-7-12)11-15(17)10-13(2)16(3,4)5/h6-9,13H,10-11H2,1-5H3. The molecule has 0 aliphatic rings. The lowest BCUT2D eigenvalue weighted by atomic mass is 9.79. The fourth-order valence-electron chi connectivity index (χ4n) is 1.65. The Balaban J connectivity index is 2.53. The Morgan fingerprint density at radius 3 is 2.18 bits per heavy atom. The number of rotatable bonds is 4. The summed E-state index contributed by atoms with van der Waals surface area (Å²) in [6.07, 6.45) is 1.25. The van der Waals surface area contributed by atoms with Gasteiger partial charge < -0.3 is 0 Å². The van der Waals surface area contributed by atoms with E-state index in [2.05, 4.69) is 58.9 Å². The van der Waals surface area contributed by atoms with Crippen LogP contribution in [-0.4, -0.2) is 5.78 Å². The van der Waals surface area contributed by atoms with Gasteiger partial charge in [0.15, 0.2) is 0 Å². The van der Waals surface area contributed by atoms with Crippen molar-refractivity contribution in [3.05, 3.63) is 35.4 Å². The van der Waals surface area contributed by atoms with Crippen molar-refractivity contribution >= 4 is 5.78 Å². The van der Waals surface area contributed by atoms with Crippen LogP contribution in [0.2, 0.25) is 0 Å². The van der Waals surface area contributed by atoms with Gasteiger partial charge in [-0.1, -0.05) is 57.5 Å². The maximum Gasteiger partial charge on any atom is 0.137 e. The summed E-state index contributed by atoms with van der Waals surface area (Å²) >= 11 is 0. The second-order valence-electron chi connectivity index (χ2n) is 6.17. The van der Waals surface area contributed by atoms with Gasteiger partial charge in [0.1, 0.15) is 5.78 Å². The summed E-state index contributed by atoms with van der Waals surface area (Å²) in [6, 6.07) is 8.23. The third-order valence-electron chi connectivity index (χ3n) is 3.53. The minimum atomic E-state index is 0.211. The van der Waals surface area contributed by atoms with E-state index in [0.717, 1.165) is 5.56 Å². The van der Waals surface area contributed by atoms with E-state index in [0.29, 0.717) is 24.5 Å². The number of Topliss-reactive ketones (excluding diaryl/α,β-unsaturated/α-hetero) is 1. The number of benzene rings is 1. The number of carbonyl (C=O) groups excluding carboxylic acids is 1. The van der Waals surface area contributed by atoms with Crippen molar-refractivity contribution in [3.8, 4) is 0 Å². The molecule has 0 saturated carbocycles. The zero-order chi connectivity index (χ0) is 13.1. The number of ketones is 1. The van der Waals surface area contributed by atoms with Crippen LogP contribution in [0.1, 0.15) is 45.2 Å². The van der Waals surface area contributed by atoms with Gasteiger partial charge >= 0.3 is 0 Å². The molecule has 1 heteroatoms. The van der Waals surface area contributed by atoms with E-state index in [4.69, 9.17) is 0 Å². The van der Waals surface area contributed by atoms with Gasteiger partial charge in [0.05, 0.1) is 0 Å². The van der Waals surface area contributed by atoms with Gasteiger partial charge in [0, 0.05) is 12.8 Å². The Bertz CT molecular complexity index is 368. The molecular formula is C16H24O. The zero-order valence-electron chi connectivity index (χ0n) is 11.7. The molecule has 1 aromatic rings. The molecule has 1 atom stereocenters. The van der Waals surface area contributed by atoms with Crippen LogP contribution in [0.25, 0.3) is 0 Å². The number of aryl methyl sites for hydroxylation is 1. The van der Waals surface area contributed by atoms with E-state index < -0.39 is 0 Å². The van der Waals surface area contributed by atoms with Crippen LogP contribution in [0.3, 0.4) is 0 Å². The monoisotopic (exact) mass is 232 g/mol. The van der Waals surface area contributed by atoms with Crippen molar-refractivity contribution in [2.75, 3.05) is 0 Å². The van der Waals surface area contributed by atoms with Gasteiger partial charge in [-0.2, -0.15) is 0 Å². The highest BCUT2D eigenvalue weighted by Crippen LogP contribution is 2.28. The fraction of sp³-hybridized carbons (Fsp3) is 0.562. The molecule has 1 aromatic carbocycles. The van der Waals surface area contributed by atoms with Crippen molar-refractivity contribution in [2.45, 2.75) is 47.5 Å². The maximum absolute atomic E-state index is 12.0. The molecule has 0 aliphatic carbocycles. The molecule has 1 nitrogen and oxygen atoms in total. The summed E-state index contributed by atoms with van der Waals surface area (Å²) in [4.78, 5) is 12.0. The van der Waals surface area contributed by atoms with Crippen LogP contribution in [-0.2, 0) is 11.2 Å². The van der Waals surface area contributed by atoms with Crippen molar-refractivity contribution in [1.82, 2.24) is 0 Å². The fourth-order valence-corrected chi connectivity index (χ4v) is 1.65. The van der Waals surface area contributed by atoms with Crippen LogP contribution in [0.15, 0.2) is 24.3 Å². The Kier molecular flexibility index (Phi) is 4.50. The molecule has 0 fully saturated rings. The summed E-state index contributed by atoms with van der Waals surface area (Å²) in [5.41, 5.74) is 2.58. The average molecular weight is 232 g/mol. The molecule has 0 N–H and O–H groups in total. The topological polar surface area (TPSA) is 17.1 Å². The molecule has 94 valence electrons. The number of carbonyl (C=O) groups is 1. The molecule has 0 heterocycles. The van der Waals surface area contributed by atoms with Crippen LogP contribution >= 0.6 is 0 Å². The maximum atomic E-state index is 12.0. The second-order valence-corrected chi connectivity index (χ2v) is 6.17. The zero-order valence-corrected chi connectivity index (χ0v) is 11.7. The Morgan fingerprint density at radius 2 is 1.71 bits per heavy atom. The normalized spacial score (nSPS) is 13.5. The number of hydrogen-bond donors (Lipinski definition) is 0. The van der Waals surface area contributed by atoms with E-state index in [-0.39, 0.29) is 5.41 Å². The molecule has 0 radical (unpaired) electrons. The van der Waals surface area contributed by atoms with E-state index in [1.54, 1.807) is 0 Å². The van der Waals surface area contributed by atoms with Gasteiger partial charge in [0.25, 0.3) is 0 Å². The van der Waals surface area contributed by atoms with Crippen molar-refractivity contribution < 1.29 is 4.79 Å². The van der Waals surface area contributed by atoms with E-state index in [1.807, 2.05) is 0 Å². The SMILES string of the molecule is Cc1ccc(CC(=O)CC(C)C(C)(C)C)cc1. The Hall–Kier alpha value is -1.11. The average Bonchev–Trinajstić information content (AvgIpc) is 2.20. The summed E-state index contributed by atoms with van der Waals surface area (Å²) in [5.74, 6) is 0.775. The van der Waals surface area contributed by atoms with Crippen LogP contribution in [0.4, 0.5) is 0 Å². The van der Waals surface area contributed by atoms with Crippen molar-refractivity contribution in [2.24, 2.45) is 11.3 Å². The molecule has 0 amide bonds. The minimum Gasteiger partial charge on any atom is -0.299 e. The first-order chi connectivity index (χ1) is 7.79. The minimum absolute atomic E-state index is 0.211. The van der Waals surface area contributed by atoms with Crippen molar-refractivity contribution in [3.63, 3.8) is 0 Å². The molecule has 0 saturated heterocycles. The van der Waals surface area contributed by atoms with Crippen LogP contribution < -0.4 is 0 Å². The first-order valence-electron chi connectivity index (χ1n) is 6.36. The number of hydrogen-bond acceptors (Lipinski definition) is 1. The molecule has 0 aliphatic heterocycles. The van der Waals surface area contributed by atoms with E-state index >= 15 is 0 Å². The Morgan fingerprint density at radius 1 is 1.18 bits per heavy atom. The first-order valence-corrected chi connectivity index (χ1v) is 6.36. The highest BCUT2D eigenvalue weighted by atomic mass is 16.1. The lowest BCUT2D eigenvalue weighted by molar-refractivity contribution is -0.120. The van der Waals surface area contributed by atoms with Gasteiger partial charge in [-0.3, -0.25) is 4.79 Å². The van der Waals surface area contributed by atoms with Crippen molar-refractivity contribution in [1.29, 1.82) is 0 Å². The Labute approximate surface area is 105 Å². The largest absolute Gasteiger partial charge is 0.299 e. The molecular weight excluding hydrogens is 208 g/mol. The summed E-state index contributed by atoms with van der Waals surface area (Å²) in [5, 5.41) is 0. The molecule has 1 unspecified atom stereocenters. The lowest BCUT2D eigenvalue weighted by Gasteiger charge is -2.26. The summed E-state index contributed by atoms with van der Waals surface area (Å²) in [6.45, 7) is 10.8. The summed E-state index contributed by atoms with van der Waals surface area (Å²) in [7, 11) is 0. The molecule has 0 spiro atoms. The molecule has 0 bridgehead atoms. The quantitative estimate of drug-likeness (QED) is 0.761. The predicted octanol–water partition coefficient (Wildman–Crippen LogP) is 4.18. The lowest BCUT2D eigenvalue weighted by Crippen LogP contribution is -2.21. The predicted molar refractivity (Wildman–Crippen MR) is 73.1 cm³/mol. The van der Waals surface area contributed by atoms with Gasteiger partial charge in [-0.05, 0) is 23.8 Å². The third-order valence-corrected chi connectivity index (χ3v) is 3.53. The van der Waals surface area contributed by atoms with E-state index in [9.17, 15) is 4.79 Å². The van der Waals surface area contributed by atoms with E-state index in [1.165, 1.54) is 5.56 Å². The molecule has 17 heavy (non-hydrogen) atoms. The van der Waals surface area contributed by atoms with Gasteiger partial charge in [-0.15, -0.1) is 0 Å². The molecule has 0 aromatic heterocycles. The molecule has 1 rings (SSSR count). The first kappa shape index (κ1) is 14.0. The van der Waals surface area contributed by atoms with Gasteiger partial charge in [0.2, 0.25) is 0 Å². The third kappa shape index (κ3) is 4.72.